The molecule has 0 aromatic heterocycles. The average molecular weight is 363 g/mol. The van der Waals surface area contributed by atoms with Crippen molar-refractivity contribution < 1.29 is 14.5 Å². The van der Waals surface area contributed by atoms with E-state index in [2.05, 4.69) is 4.90 Å². The van der Waals surface area contributed by atoms with Crippen molar-refractivity contribution in [2.75, 3.05) is 19.6 Å². The second-order valence-corrected chi connectivity index (χ2v) is 8.08. The number of nitro benzene ring substituents is 1. The molecule has 1 atom stereocenters. The molecule has 0 bridgehead atoms. The lowest BCUT2D eigenvalue weighted by atomic mass is 10.0. The molecule has 2 rings (SSSR count). The largest absolute Gasteiger partial charge is 0.444 e. The van der Waals surface area contributed by atoms with E-state index >= 15 is 0 Å². The van der Waals surface area contributed by atoms with Crippen LogP contribution in [-0.4, -0.2) is 52.1 Å². The van der Waals surface area contributed by atoms with E-state index in [-0.39, 0.29) is 22.7 Å². The Morgan fingerprint density at radius 2 is 1.96 bits per heavy atom. The van der Waals surface area contributed by atoms with Crippen LogP contribution in [0.3, 0.4) is 0 Å². The third-order valence-corrected chi connectivity index (χ3v) is 4.56. The van der Waals surface area contributed by atoms with Crippen molar-refractivity contribution in [3.8, 4) is 0 Å². The first-order valence-corrected chi connectivity index (χ1v) is 8.94. The minimum atomic E-state index is -0.508. The second kappa shape index (κ2) is 7.61. The van der Waals surface area contributed by atoms with Gasteiger partial charge in [0.25, 0.3) is 5.69 Å². The van der Waals surface area contributed by atoms with Crippen LogP contribution < -0.4 is 0 Å². The van der Waals surface area contributed by atoms with Gasteiger partial charge in [0.1, 0.15) is 5.60 Å². The summed E-state index contributed by atoms with van der Waals surface area (Å²) in [7, 11) is 0. The zero-order chi connectivity index (χ0) is 19.6. The molecule has 0 spiro atoms. The molecule has 1 saturated heterocycles. The number of rotatable bonds is 3. The van der Waals surface area contributed by atoms with Crippen LogP contribution in [0.25, 0.3) is 0 Å². The molecular formula is C19H29N3O4. The third-order valence-electron chi connectivity index (χ3n) is 4.56. The number of piperazine rings is 1. The number of hydrogen-bond acceptors (Lipinski definition) is 5. The Labute approximate surface area is 155 Å². The molecule has 7 heteroatoms. The number of ether oxygens (including phenoxy) is 1. The highest BCUT2D eigenvalue weighted by Crippen LogP contribution is 2.26. The summed E-state index contributed by atoms with van der Waals surface area (Å²) in [5.74, 6) is 0. The van der Waals surface area contributed by atoms with Crippen molar-refractivity contribution in [3.05, 3.63) is 38.9 Å². The molecule has 1 heterocycles. The lowest BCUT2D eigenvalue weighted by Gasteiger charge is -2.40. The summed E-state index contributed by atoms with van der Waals surface area (Å²) in [6.45, 7) is 13.9. The Kier molecular flexibility index (Phi) is 5.91. The van der Waals surface area contributed by atoms with Gasteiger partial charge in [0.05, 0.1) is 4.92 Å². The van der Waals surface area contributed by atoms with Gasteiger partial charge in [-0.25, -0.2) is 4.79 Å². The number of carbonyl (C=O) groups is 1. The molecule has 1 amide bonds. The number of carbonyl (C=O) groups excluding carboxylic acids is 1. The molecule has 0 radical (unpaired) electrons. The van der Waals surface area contributed by atoms with Gasteiger partial charge in [-0.15, -0.1) is 0 Å². The van der Waals surface area contributed by atoms with Crippen molar-refractivity contribution in [2.24, 2.45) is 0 Å². The van der Waals surface area contributed by atoms with Crippen LogP contribution in [0.1, 0.15) is 44.4 Å². The smallest absolute Gasteiger partial charge is 0.410 e. The van der Waals surface area contributed by atoms with Gasteiger partial charge in [-0.1, -0.05) is 6.07 Å². The minimum absolute atomic E-state index is 0.0266. The highest BCUT2D eigenvalue weighted by molar-refractivity contribution is 5.68. The summed E-state index contributed by atoms with van der Waals surface area (Å²) in [5, 5.41) is 11.2. The molecule has 7 nitrogen and oxygen atoms in total. The van der Waals surface area contributed by atoms with Crippen LogP contribution in [0.2, 0.25) is 0 Å². The van der Waals surface area contributed by atoms with Gasteiger partial charge in [0.2, 0.25) is 0 Å². The number of amides is 1. The van der Waals surface area contributed by atoms with Crippen molar-refractivity contribution in [1.82, 2.24) is 9.80 Å². The quantitative estimate of drug-likeness (QED) is 0.605. The summed E-state index contributed by atoms with van der Waals surface area (Å²) in [6, 6.07) is 3.65. The summed E-state index contributed by atoms with van der Waals surface area (Å²) in [4.78, 5) is 27.2. The first-order valence-electron chi connectivity index (χ1n) is 8.94. The van der Waals surface area contributed by atoms with Crippen molar-refractivity contribution in [3.63, 3.8) is 0 Å². The van der Waals surface area contributed by atoms with Crippen LogP contribution in [0.15, 0.2) is 12.1 Å². The number of aryl methyl sites for hydroxylation is 1. The lowest BCUT2D eigenvalue weighted by Crippen LogP contribution is -2.54. The van der Waals surface area contributed by atoms with Gasteiger partial charge < -0.3 is 9.64 Å². The highest BCUT2D eigenvalue weighted by atomic mass is 16.6. The molecule has 26 heavy (non-hydrogen) atoms. The summed E-state index contributed by atoms with van der Waals surface area (Å²) in [6.07, 6.45) is -0.285. The van der Waals surface area contributed by atoms with Gasteiger partial charge in [-0.05, 0) is 52.7 Å². The molecule has 0 N–H and O–H groups in total. The van der Waals surface area contributed by atoms with Gasteiger partial charge >= 0.3 is 6.09 Å². The maximum atomic E-state index is 12.3. The Balaban J connectivity index is 2.06. The van der Waals surface area contributed by atoms with Crippen LogP contribution in [0.4, 0.5) is 10.5 Å². The van der Waals surface area contributed by atoms with Crippen LogP contribution >= 0.6 is 0 Å². The predicted molar refractivity (Wildman–Crippen MR) is 100 cm³/mol. The molecule has 1 aliphatic rings. The van der Waals surface area contributed by atoms with E-state index < -0.39 is 5.60 Å². The van der Waals surface area contributed by atoms with E-state index in [1.54, 1.807) is 17.9 Å². The number of benzene rings is 1. The molecule has 1 aromatic carbocycles. The second-order valence-electron chi connectivity index (χ2n) is 8.08. The van der Waals surface area contributed by atoms with E-state index in [9.17, 15) is 14.9 Å². The monoisotopic (exact) mass is 363 g/mol. The van der Waals surface area contributed by atoms with Gasteiger partial charge in [0.15, 0.2) is 0 Å². The summed E-state index contributed by atoms with van der Waals surface area (Å²) >= 11 is 0. The normalized spacial score (nSPS) is 18.7. The van der Waals surface area contributed by atoms with Crippen LogP contribution in [0, 0.1) is 24.0 Å². The summed E-state index contributed by atoms with van der Waals surface area (Å²) < 4.78 is 5.47. The molecule has 1 aliphatic heterocycles. The highest BCUT2D eigenvalue weighted by Gasteiger charge is 2.31. The van der Waals surface area contributed by atoms with E-state index in [4.69, 9.17) is 4.74 Å². The fourth-order valence-corrected chi connectivity index (χ4v) is 3.28. The van der Waals surface area contributed by atoms with E-state index in [1.165, 1.54) is 0 Å². The Morgan fingerprint density at radius 3 is 2.50 bits per heavy atom. The van der Waals surface area contributed by atoms with Crippen LogP contribution in [-0.2, 0) is 11.3 Å². The molecule has 1 aromatic rings. The maximum Gasteiger partial charge on any atom is 0.410 e. The average Bonchev–Trinajstić information content (AvgIpc) is 2.48. The third kappa shape index (κ3) is 4.94. The fourth-order valence-electron chi connectivity index (χ4n) is 3.28. The van der Waals surface area contributed by atoms with Crippen molar-refractivity contribution in [2.45, 2.75) is 59.7 Å². The molecule has 1 fully saturated rings. The lowest BCUT2D eigenvalue weighted by molar-refractivity contribution is -0.385. The number of hydrogen-bond donors (Lipinski definition) is 0. The molecule has 0 aliphatic carbocycles. The topological polar surface area (TPSA) is 75.9 Å². The first kappa shape index (κ1) is 20.2. The maximum absolute atomic E-state index is 12.3. The van der Waals surface area contributed by atoms with E-state index in [0.29, 0.717) is 31.7 Å². The molecule has 144 valence electrons. The van der Waals surface area contributed by atoms with Gasteiger partial charge in [0, 0.05) is 43.9 Å². The Bertz CT molecular complexity index is 697. The van der Waals surface area contributed by atoms with E-state index in [0.717, 1.165) is 11.1 Å². The van der Waals surface area contributed by atoms with Crippen LogP contribution in [0.5, 0.6) is 0 Å². The molecule has 0 unspecified atom stereocenters. The van der Waals surface area contributed by atoms with Gasteiger partial charge in [-0.2, -0.15) is 0 Å². The van der Waals surface area contributed by atoms with Gasteiger partial charge in [-0.3, -0.25) is 15.0 Å². The zero-order valence-electron chi connectivity index (χ0n) is 16.5. The molecular weight excluding hydrogens is 334 g/mol. The fraction of sp³-hybridized carbons (Fsp3) is 0.632. The zero-order valence-corrected chi connectivity index (χ0v) is 16.5. The van der Waals surface area contributed by atoms with E-state index in [1.807, 2.05) is 40.7 Å². The van der Waals surface area contributed by atoms with Crippen molar-refractivity contribution in [1.29, 1.82) is 0 Å². The standard InChI is InChI=1S/C19H29N3O4/c1-13-9-16(15(3)17(10-13)22(24)25)12-20-7-8-21(14(2)11-20)18(23)26-19(4,5)6/h9-10,14H,7-8,11-12H2,1-6H3/t14-/m0/s1. The minimum Gasteiger partial charge on any atom is -0.444 e. The predicted octanol–water partition coefficient (Wildman–Crippen LogP) is 3.65. The molecule has 0 saturated carbocycles. The first-order chi connectivity index (χ1) is 12.0. The summed E-state index contributed by atoms with van der Waals surface area (Å²) in [5.41, 5.74) is 2.22. The number of nitrogens with zero attached hydrogens (tertiary/aromatic N) is 3. The van der Waals surface area contributed by atoms with Crippen molar-refractivity contribution >= 4 is 11.8 Å². The SMILES string of the molecule is Cc1cc(CN2CCN(C(=O)OC(C)(C)C)[C@@H](C)C2)c(C)c([N+](=O)[O-])c1. The Hall–Kier alpha value is -2.15. The number of nitro groups is 1. The Morgan fingerprint density at radius 1 is 1.31 bits per heavy atom.